The van der Waals surface area contributed by atoms with Gasteiger partial charge < -0.3 is 4.74 Å². The van der Waals surface area contributed by atoms with Crippen LogP contribution >= 0.6 is 0 Å². The van der Waals surface area contributed by atoms with Gasteiger partial charge in [0.15, 0.2) is 0 Å². The van der Waals surface area contributed by atoms with E-state index in [9.17, 15) is 4.79 Å². The molecule has 0 aliphatic carbocycles. The summed E-state index contributed by atoms with van der Waals surface area (Å²) in [6.45, 7) is 0. The van der Waals surface area contributed by atoms with Crippen LogP contribution in [0.25, 0.3) is 10.8 Å². The largest absolute Gasteiger partial charge is 0.437 e. The van der Waals surface area contributed by atoms with Crippen molar-refractivity contribution < 1.29 is 4.74 Å². The Labute approximate surface area is 103 Å². The van der Waals surface area contributed by atoms with Gasteiger partial charge >= 0.3 is 0 Å². The number of fused-ring (bicyclic) bond motifs is 1. The summed E-state index contributed by atoms with van der Waals surface area (Å²) in [6, 6.07) is 16.6. The summed E-state index contributed by atoms with van der Waals surface area (Å²) < 4.78 is 5.67. The molecule has 0 radical (unpaired) electrons. The van der Waals surface area contributed by atoms with Gasteiger partial charge in [0, 0.05) is 0 Å². The molecule has 0 amide bonds. The first-order valence-corrected chi connectivity index (χ1v) is 5.55. The van der Waals surface area contributed by atoms with Crippen molar-refractivity contribution in [1.29, 1.82) is 0 Å². The number of hydrogen-bond acceptors (Lipinski definition) is 3. The van der Waals surface area contributed by atoms with E-state index in [1.54, 1.807) is 6.07 Å². The van der Waals surface area contributed by atoms with Gasteiger partial charge in [-0.05, 0) is 24.3 Å². The van der Waals surface area contributed by atoms with Gasteiger partial charge in [-0.15, -0.1) is 5.10 Å². The van der Waals surface area contributed by atoms with Crippen LogP contribution in [0.1, 0.15) is 0 Å². The molecule has 0 aliphatic heterocycles. The summed E-state index contributed by atoms with van der Waals surface area (Å²) in [5.74, 6) is 1.08. The lowest BCUT2D eigenvalue weighted by Crippen LogP contribution is -2.09. The maximum absolute atomic E-state index is 11.6. The number of ether oxygens (including phenoxy) is 1. The van der Waals surface area contributed by atoms with E-state index in [2.05, 4.69) is 10.2 Å². The number of nitrogens with zero attached hydrogens (tertiary/aromatic N) is 1. The first-order valence-electron chi connectivity index (χ1n) is 5.55. The van der Waals surface area contributed by atoms with Gasteiger partial charge in [-0.3, -0.25) is 4.79 Å². The van der Waals surface area contributed by atoms with Crippen LogP contribution in [-0.2, 0) is 0 Å². The molecule has 88 valence electrons. The fourth-order valence-corrected chi connectivity index (χ4v) is 1.77. The Morgan fingerprint density at radius 1 is 0.889 bits per heavy atom. The first-order chi connectivity index (χ1) is 8.84. The van der Waals surface area contributed by atoms with Gasteiger partial charge in [0.2, 0.25) is 5.88 Å². The maximum atomic E-state index is 11.6. The average molecular weight is 238 g/mol. The molecular weight excluding hydrogens is 228 g/mol. The predicted molar refractivity (Wildman–Crippen MR) is 68.9 cm³/mol. The molecular formula is C14H10N2O2. The normalized spacial score (nSPS) is 10.4. The molecule has 1 heterocycles. The van der Waals surface area contributed by atoms with Crippen LogP contribution in [0.3, 0.4) is 0 Å². The Kier molecular flexibility index (Phi) is 2.53. The molecule has 3 aromatic rings. The minimum absolute atomic E-state index is 0.217. The van der Waals surface area contributed by atoms with Crippen LogP contribution in [-0.4, -0.2) is 10.2 Å². The number of aromatic nitrogens is 2. The SMILES string of the molecule is O=c1[nH]nc(Oc2ccccc2)c2ccccc12. The number of benzene rings is 2. The summed E-state index contributed by atoms with van der Waals surface area (Å²) in [5.41, 5.74) is -0.217. The third-order valence-corrected chi connectivity index (χ3v) is 2.62. The molecule has 1 aromatic heterocycles. The van der Waals surface area contributed by atoms with Gasteiger partial charge in [0.1, 0.15) is 5.75 Å². The second-order valence-electron chi connectivity index (χ2n) is 3.82. The second kappa shape index (κ2) is 4.33. The topological polar surface area (TPSA) is 55.0 Å². The second-order valence-corrected chi connectivity index (χ2v) is 3.82. The monoisotopic (exact) mass is 238 g/mol. The summed E-state index contributed by atoms with van der Waals surface area (Å²) in [6.07, 6.45) is 0. The zero-order valence-corrected chi connectivity index (χ0v) is 9.46. The lowest BCUT2D eigenvalue weighted by Gasteiger charge is -2.06. The predicted octanol–water partition coefficient (Wildman–Crippen LogP) is 2.72. The van der Waals surface area contributed by atoms with E-state index in [0.717, 1.165) is 0 Å². The van der Waals surface area contributed by atoms with Crippen LogP contribution < -0.4 is 10.3 Å². The van der Waals surface area contributed by atoms with Crippen molar-refractivity contribution in [3.8, 4) is 11.6 Å². The van der Waals surface area contributed by atoms with E-state index in [-0.39, 0.29) is 5.56 Å². The highest BCUT2D eigenvalue weighted by Crippen LogP contribution is 2.24. The van der Waals surface area contributed by atoms with Crippen molar-refractivity contribution in [2.75, 3.05) is 0 Å². The van der Waals surface area contributed by atoms with Crippen molar-refractivity contribution in [2.45, 2.75) is 0 Å². The quantitative estimate of drug-likeness (QED) is 0.746. The molecule has 0 spiro atoms. The van der Waals surface area contributed by atoms with Crippen molar-refractivity contribution >= 4 is 10.8 Å². The summed E-state index contributed by atoms with van der Waals surface area (Å²) in [5, 5.41) is 7.64. The standard InChI is InChI=1S/C14H10N2O2/c17-13-11-8-4-5-9-12(11)14(16-15-13)18-10-6-2-1-3-7-10/h1-9H,(H,15,17). The molecule has 18 heavy (non-hydrogen) atoms. The number of para-hydroxylation sites is 1. The van der Waals surface area contributed by atoms with Crippen molar-refractivity contribution in [2.24, 2.45) is 0 Å². The van der Waals surface area contributed by atoms with E-state index in [1.165, 1.54) is 0 Å². The van der Waals surface area contributed by atoms with E-state index >= 15 is 0 Å². The summed E-state index contributed by atoms with van der Waals surface area (Å²) in [4.78, 5) is 11.6. The van der Waals surface area contributed by atoms with Crippen molar-refractivity contribution in [3.05, 3.63) is 65.0 Å². The fourth-order valence-electron chi connectivity index (χ4n) is 1.77. The minimum Gasteiger partial charge on any atom is -0.437 e. The summed E-state index contributed by atoms with van der Waals surface area (Å²) >= 11 is 0. The van der Waals surface area contributed by atoms with Crippen LogP contribution in [0.15, 0.2) is 59.4 Å². The van der Waals surface area contributed by atoms with Crippen molar-refractivity contribution in [3.63, 3.8) is 0 Å². The molecule has 3 rings (SSSR count). The lowest BCUT2D eigenvalue weighted by molar-refractivity contribution is 0.461. The Balaban J connectivity index is 2.13. The smallest absolute Gasteiger partial charge is 0.272 e. The molecule has 0 atom stereocenters. The Hall–Kier alpha value is -2.62. The maximum Gasteiger partial charge on any atom is 0.272 e. The average Bonchev–Trinajstić information content (AvgIpc) is 2.44. The molecule has 1 N–H and O–H groups in total. The third-order valence-electron chi connectivity index (χ3n) is 2.62. The Bertz CT molecular complexity index is 735. The molecule has 2 aromatic carbocycles. The van der Waals surface area contributed by atoms with E-state index in [0.29, 0.717) is 22.4 Å². The number of aromatic amines is 1. The minimum atomic E-state index is -0.217. The lowest BCUT2D eigenvalue weighted by atomic mass is 10.2. The Morgan fingerprint density at radius 3 is 2.33 bits per heavy atom. The van der Waals surface area contributed by atoms with Crippen molar-refractivity contribution in [1.82, 2.24) is 10.2 Å². The number of H-pyrrole nitrogens is 1. The molecule has 0 fully saturated rings. The fraction of sp³-hybridized carbons (Fsp3) is 0. The Morgan fingerprint density at radius 2 is 1.56 bits per heavy atom. The number of rotatable bonds is 2. The first kappa shape index (κ1) is 10.5. The third kappa shape index (κ3) is 1.84. The number of hydrogen-bond donors (Lipinski definition) is 1. The highest BCUT2D eigenvalue weighted by molar-refractivity contribution is 5.85. The van der Waals surface area contributed by atoms with E-state index in [4.69, 9.17) is 4.74 Å². The molecule has 4 heteroatoms. The van der Waals surface area contributed by atoms with Gasteiger partial charge in [-0.1, -0.05) is 30.3 Å². The highest BCUT2D eigenvalue weighted by Gasteiger charge is 2.07. The highest BCUT2D eigenvalue weighted by atomic mass is 16.5. The van der Waals surface area contributed by atoms with Crippen LogP contribution in [0.4, 0.5) is 0 Å². The van der Waals surface area contributed by atoms with Gasteiger partial charge in [0.25, 0.3) is 5.56 Å². The molecule has 0 bridgehead atoms. The molecule has 0 aliphatic rings. The number of nitrogens with one attached hydrogen (secondary N) is 1. The summed E-state index contributed by atoms with van der Waals surface area (Å²) in [7, 11) is 0. The zero-order chi connectivity index (χ0) is 12.4. The van der Waals surface area contributed by atoms with Gasteiger partial charge in [-0.2, -0.15) is 0 Å². The molecule has 4 nitrogen and oxygen atoms in total. The molecule has 0 saturated carbocycles. The van der Waals surface area contributed by atoms with Crippen LogP contribution in [0.5, 0.6) is 11.6 Å². The van der Waals surface area contributed by atoms with E-state index < -0.39 is 0 Å². The van der Waals surface area contributed by atoms with Gasteiger partial charge in [-0.25, -0.2) is 5.10 Å². The van der Waals surface area contributed by atoms with E-state index in [1.807, 2.05) is 48.5 Å². The molecule has 0 unspecified atom stereocenters. The molecule has 0 saturated heterocycles. The van der Waals surface area contributed by atoms with Gasteiger partial charge in [0.05, 0.1) is 10.8 Å². The van der Waals surface area contributed by atoms with Crippen LogP contribution in [0, 0.1) is 0 Å². The van der Waals surface area contributed by atoms with Crippen LogP contribution in [0.2, 0.25) is 0 Å². The zero-order valence-electron chi connectivity index (χ0n) is 9.46.